The Labute approximate surface area is 143 Å². The van der Waals surface area contributed by atoms with Crippen LogP contribution in [-0.2, 0) is 4.79 Å². The highest BCUT2D eigenvalue weighted by molar-refractivity contribution is 6.06. The third-order valence-electron chi connectivity index (χ3n) is 4.27. The third kappa shape index (κ3) is 2.59. The van der Waals surface area contributed by atoms with E-state index in [4.69, 9.17) is 4.74 Å². The Bertz CT molecular complexity index is 995. The molecule has 1 aliphatic heterocycles. The molecule has 2 heterocycles. The number of aromatic nitrogens is 2. The van der Waals surface area contributed by atoms with Crippen LogP contribution in [-0.4, -0.2) is 35.2 Å². The first-order valence-electron chi connectivity index (χ1n) is 7.86. The summed E-state index contributed by atoms with van der Waals surface area (Å²) in [7, 11) is 1.69. The fourth-order valence-electron chi connectivity index (χ4n) is 2.88. The number of fused-ring (bicyclic) bond motifs is 2. The van der Waals surface area contributed by atoms with E-state index in [0.717, 1.165) is 10.9 Å². The molecule has 7 nitrogen and oxygen atoms in total. The minimum absolute atomic E-state index is 0.113. The second kappa shape index (κ2) is 5.62. The summed E-state index contributed by atoms with van der Waals surface area (Å²) in [6, 6.07) is 10.6. The first kappa shape index (κ1) is 15.2. The van der Waals surface area contributed by atoms with E-state index < -0.39 is 6.10 Å². The van der Waals surface area contributed by atoms with Gasteiger partial charge in [0.25, 0.3) is 11.8 Å². The number of carbonyl (C=O) groups excluding carboxylic acids is 2. The van der Waals surface area contributed by atoms with E-state index in [-0.39, 0.29) is 11.8 Å². The molecule has 4 rings (SSSR count). The van der Waals surface area contributed by atoms with Crippen molar-refractivity contribution in [1.82, 2.24) is 10.2 Å². The van der Waals surface area contributed by atoms with Crippen molar-refractivity contribution < 1.29 is 14.3 Å². The Morgan fingerprint density at radius 2 is 2.12 bits per heavy atom. The number of nitrogens with one attached hydrogen (secondary N) is 2. The molecule has 0 aliphatic carbocycles. The van der Waals surface area contributed by atoms with Crippen molar-refractivity contribution in [1.29, 1.82) is 0 Å². The number of H-pyrrole nitrogens is 1. The first-order valence-corrected chi connectivity index (χ1v) is 7.86. The smallest absolute Gasteiger partial charge is 0.267 e. The summed E-state index contributed by atoms with van der Waals surface area (Å²) in [4.78, 5) is 26.0. The lowest BCUT2D eigenvalue weighted by atomic mass is 10.1. The molecule has 1 aliphatic rings. The van der Waals surface area contributed by atoms with Gasteiger partial charge in [0.1, 0.15) is 5.75 Å². The van der Waals surface area contributed by atoms with Gasteiger partial charge < -0.3 is 15.0 Å². The molecule has 7 heteroatoms. The van der Waals surface area contributed by atoms with Crippen LogP contribution in [0, 0.1) is 0 Å². The van der Waals surface area contributed by atoms with Crippen LogP contribution in [0.2, 0.25) is 0 Å². The first-order chi connectivity index (χ1) is 12.0. The van der Waals surface area contributed by atoms with Crippen LogP contribution >= 0.6 is 0 Å². The predicted molar refractivity (Wildman–Crippen MR) is 94.0 cm³/mol. The van der Waals surface area contributed by atoms with Crippen molar-refractivity contribution in [2.45, 2.75) is 13.0 Å². The number of ether oxygens (including phenoxy) is 1. The summed E-state index contributed by atoms with van der Waals surface area (Å²) in [5.41, 5.74) is 2.62. The van der Waals surface area contributed by atoms with Gasteiger partial charge in [-0.15, -0.1) is 0 Å². The summed E-state index contributed by atoms with van der Waals surface area (Å²) in [5.74, 6) is 0.154. The van der Waals surface area contributed by atoms with E-state index in [1.807, 2.05) is 18.2 Å². The van der Waals surface area contributed by atoms with Gasteiger partial charge in [0.05, 0.1) is 17.4 Å². The highest BCUT2D eigenvalue weighted by Crippen LogP contribution is 2.34. The van der Waals surface area contributed by atoms with Crippen LogP contribution in [0.15, 0.2) is 42.6 Å². The van der Waals surface area contributed by atoms with Crippen LogP contribution in [0.25, 0.3) is 10.9 Å². The molecule has 0 saturated carbocycles. The van der Waals surface area contributed by atoms with Crippen molar-refractivity contribution in [3.8, 4) is 5.75 Å². The standard InChI is InChI=1S/C18H16N4O3/c1-10-18(24)22(2)15-6-4-11(7-16(15)25-10)17(23)20-13-5-3-12-9-19-21-14(12)8-13/h3-10H,1-2H3,(H,19,21)(H,20,23). The second-order valence-electron chi connectivity index (χ2n) is 5.97. The van der Waals surface area contributed by atoms with Crippen molar-refractivity contribution in [2.24, 2.45) is 0 Å². The molecule has 0 fully saturated rings. The number of hydrogen-bond donors (Lipinski definition) is 2. The summed E-state index contributed by atoms with van der Waals surface area (Å²) in [6.45, 7) is 1.69. The number of aromatic amines is 1. The van der Waals surface area contributed by atoms with E-state index in [9.17, 15) is 9.59 Å². The minimum Gasteiger partial charge on any atom is -0.479 e. The van der Waals surface area contributed by atoms with Crippen LogP contribution in [0.1, 0.15) is 17.3 Å². The quantitative estimate of drug-likeness (QED) is 0.753. The zero-order valence-corrected chi connectivity index (χ0v) is 13.7. The zero-order valence-electron chi connectivity index (χ0n) is 13.7. The molecule has 2 amide bonds. The van der Waals surface area contributed by atoms with Gasteiger partial charge in [-0.1, -0.05) is 0 Å². The van der Waals surface area contributed by atoms with Crippen molar-refractivity contribution in [3.05, 3.63) is 48.2 Å². The summed E-state index contributed by atoms with van der Waals surface area (Å²) in [6.07, 6.45) is 1.15. The maximum Gasteiger partial charge on any atom is 0.267 e. The topological polar surface area (TPSA) is 87.3 Å². The lowest BCUT2D eigenvalue weighted by molar-refractivity contribution is -0.125. The number of rotatable bonds is 2. The Hall–Kier alpha value is -3.35. The number of carbonyl (C=O) groups is 2. The summed E-state index contributed by atoms with van der Waals surface area (Å²) in [5, 5.41) is 10.7. The molecule has 2 N–H and O–H groups in total. The number of anilines is 2. The molecule has 1 unspecified atom stereocenters. The third-order valence-corrected chi connectivity index (χ3v) is 4.27. The Kier molecular flexibility index (Phi) is 3.42. The Morgan fingerprint density at radius 3 is 2.96 bits per heavy atom. The van der Waals surface area contributed by atoms with Crippen LogP contribution < -0.4 is 15.0 Å². The zero-order chi connectivity index (χ0) is 17.6. The summed E-state index contributed by atoms with van der Waals surface area (Å²) < 4.78 is 5.62. The van der Waals surface area contributed by atoms with E-state index in [1.165, 1.54) is 4.90 Å². The summed E-state index contributed by atoms with van der Waals surface area (Å²) >= 11 is 0. The van der Waals surface area contributed by atoms with E-state index in [0.29, 0.717) is 22.7 Å². The number of hydrogen-bond acceptors (Lipinski definition) is 4. The predicted octanol–water partition coefficient (Wildman–Crippen LogP) is 2.56. The monoisotopic (exact) mass is 336 g/mol. The Balaban J connectivity index is 1.60. The number of benzene rings is 2. The highest BCUT2D eigenvalue weighted by Gasteiger charge is 2.29. The number of nitrogens with zero attached hydrogens (tertiary/aromatic N) is 2. The van der Waals surface area contributed by atoms with Gasteiger partial charge in [-0.3, -0.25) is 14.7 Å². The highest BCUT2D eigenvalue weighted by atomic mass is 16.5. The van der Waals surface area contributed by atoms with Crippen molar-refractivity contribution in [3.63, 3.8) is 0 Å². The SMILES string of the molecule is CC1Oc2cc(C(=O)Nc3ccc4cn[nH]c4c3)ccc2N(C)C1=O. The molecule has 126 valence electrons. The number of amides is 2. The van der Waals surface area contributed by atoms with Crippen LogP contribution in [0.3, 0.4) is 0 Å². The van der Waals surface area contributed by atoms with Gasteiger partial charge in [0.15, 0.2) is 6.10 Å². The molecular weight excluding hydrogens is 320 g/mol. The molecule has 0 saturated heterocycles. The van der Waals surface area contributed by atoms with Gasteiger partial charge >= 0.3 is 0 Å². The molecular formula is C18H16N4O3. The Morgan fingerprint density at radius 1 is 1.28 bits per heavy atom. The van der Waals surface area contributed by atoms with E-state index >= 15 is 0 Å². The largest absolute Gasteiger partial charge is 0.479 e. The second-order valence-corrected chi connectivity index (χ2v) is 5.97. The normalized spacial score (nSPS) is 16.5. The molecule has 1 atom stereocenters. The average molecular weight is 336 g/mol. The van der Waals surface area contributed by atoms with E-state index in [2.05, 4.69) is 15.5 Å². The van der Waals surface area contributed by atoms with Gasteiger partial charge in [-0.2, -0.15) is 5.10 Å². The van der Waals surface area contributed by atoms with Gasteiger partial charge in [0.2, 0.25) is 0 Å². The molecule has 3 aromatic rings. The van der Waals surface area contributed by atoms with Crippen LogP contribution in [0.5, 0.6) is 5.75 Å². The van der Waals surface area contributed by atoms with Gasteiger partial charge in [0, 0.05) is 23.7 Å². The molecule has 2 aromatic carbocycles. The molecule has 0 spiro atoms. The maximum atomic E-state index is 12.5. The van der Waals surface area contributed by atoms with Gasteiger partial charge in [-0.05, 0) is 43.3 Å². The van der Waals surface area contributed by atoms with Crippen molar-refractivity contribution in [2.75, 3.05) is 17.3 Å². The van der Waals surface area contributed by atoms with Gasteiger partial charge in [-0.25, -0.2) is 0 Å². The molecule has 25 heavy (non-hydrogen) atoms. The number of likely N-dealkylation sites (N-methyl/N-ethyl adjacent to an activating group) is 1. The minimum atomic E-state index is -0.571. The van der Waals surface area contributed by atoms with E-state index in [1.54, 1.807) is 38.4 Å². The molecule has 1 aromatic heterocycles. The lowest BCUT2D eigenvalue weighted by Gasteiger charge is -2.30. The molecule has 0 radical (unpaired) electrons. The lowest BCUT2D eigenvalue weighted by Crippen LogP contribution is -2.42. The van der Waals surface area contributed by atoms with Crippen molar-refractivity contribution >= 4 is 34.1 Å². The van der Waals surface area contributed by atoms with Crippen LogP contribution in [0.4, 0.5) is 11.4 Å². The maximum absolute atomic E-state index is 12.5. The fourth-order valence-corrected chi connectivity index (χ4v) is 2.88. The average Bonchev–Trinajstić information content (AvgIpc) is 3.07. The fraction of sp³-hybridized carbons (Fsp3) is 0.167. The molecule has 0 bridgehead atoms.